The van der Waals surface area contributed by atoms with E-state index in [2.05, 4.69) is 15.2 Å². The number of carbonyl (C=O) groups excluding carboxylic acids is 1. The molecule has 1 aromatic heterocycles. The van der Waals surface area contributed by atoms with Gasteiger partial charge in [-0.05, 0) is 6.92 Å². The van der Waals surface area contributed by atoms with Crippen LogP contribution in [0, 0.1) is 6.92 Å². The molecule has 1 N–H and O–H groups in total. The third-order valence-corrected chi connectivity index (χ3v) is 3.74. The van der Waals surface area contributed by atoms with Crippen molar-refractivity contribution >= 4 is 34.8 Å². The van der Waals surface area contributed by atoms with Gasteiger partial charge in [0.15, 0.2) is 5.13 Å². The zero-order valence-electron chi connectivity index (χ0n) is 9.86. The Morgan fingerprint density at radius 3 is 2.71 bits per heavy atom. The highest BCUT2D eigenvalue weighted by Gasteiger charge is 2.20. The predicted octanol–water partition coefficient (Wildman–Crippen LogP) is 1.07. The highest BCUT2D eigenvalue weighted by molar-refractivity contribution is 7.17. The number of thiazole rings is 1. The molecule has 1 aliphatic heterocycles. The van der Waals surface area contributed by atoms with E-state index in [1.807, 2.05) is 6.92 Å². The first-order valence-electron chi connectivity index (χ1n) is 5.24. The number of piperazine rings is 1. The lowest BCUT2D eigenvalue weighted by atomic mass is 10.4. The Morgan fingerprint density at radius 1 is 1.47 bits per heavy atom. The smallest absolute Gasteiger partial charge is 0.350 e. The van der Waals surface area contributed by atoms with Crippen LogP contribution in [0.1, 0.15) is 15.4 Å². The Morgan fingerprint density at radius 2 is 2.12 bits per heavy atom. The summed E-state index contributed by atoms with van der Waals surface area (Å²) in [5, 5.41) is 4.20. The molecular weight excluding hydrogens is 262 g/mol. The summed E-state index contributed by atoms with van der Waals surface area (Å²) in [5.41, 5.74) is 0.755. The van der Waals surface area contributed by atoms with Gasteiger partial charge in [0.1, 0.15) is 4.88 Å². The highest BCUT2D eigenvalue weighted by atomic mass is 35.5. The summed E-state index contributed by atoms with van der Waals surface area (Å²) in [6.45, 7) is 5.65. The van der Waals surface area contributed by atoms with Crippen LogP contribution < -0.4 is 10.2 Å². The predicted molar refractivity (Wildman–Crippen MR) is 70.5 cm³/mol. The summed E-state index contributed by atoms with van der Waals surface area (Å²) in [6.07, 6.45) is 0. The molecule has 2 heterocycles. The van der Waals surface area contributed by atoms with Crippen molar-refractivity contribution in [3.8, 4) is 0 Å². The minimum Gasteiger partial charge on any atom is -0.465 e. The van der Waals surface area contributed by atoms with Gasteiger partial charge in [-0.25, -0.2) is 9.78 Å². The lowest BCUT2D eigenvalue weighted by Crippen LogP contribution is -2.43. The lowest BCUT2D eigenvalue weighted by molar-refractivity contribution is 0.0605. The van der Waals surface area contributed by atoms with E-state index >= 15 is 0 Å². The van der Waals surface area contributed by atoms with Gasteiger partial charge in [-0.1, -0.05) is 11.3 Å². The average molecular weight is 278 g/mol. The lowest BCUT2D eigenvalue weighted by Gasteiger charge is -2.26. The molecule has 0 aromatic carbocycles. The first kappa shape index (κ1) is 14.2. The van der Waals surface area contributed by atoms with Gasteiger partial charge in [-0.2, -0.15) is 0 Å². The van der Waals surface area contributed by atoms with Crippen LogP contribution in [0.15, 0.2) is 0 Å². The topological polar surface area (TPSA) is 54.5 Å². The van der Waals surface area contributed by atoms with Gasteiger partial charge in [-0.3, -0.25) is 0 Å². The van der Waals surface area contributed by atoms with Crippen molar-refractivity contribution in [1.29, 1.82) is 0 Å². The van der Waals surface area contributed by atoms with Crippen molar-refractivity contribution in [1.82, 2.24) is 10.3 Å². The van der Waals surface area contributed by atoms with Crippen LogP contribution in [-0.4, -0.2) is 44.2 Å². The highest BCUT2D eigenvalue weighted by Crippen LogP contribution is 2.26. The summed E-state index contributed by atoms with van der Waals surface area (Å²) in [4.78, 5) is 18.7. The SMILES string of the molecule is COC(=O)c1sc(N2CCNCC2)nc1C.Cl. The largest absolute Gasteiger partial charge is 0.465 e. The second-order valence-corrected chi connectivity index (χ2v) is 4.62. The molecule has 1 aromatic rings. The molecular formula is C10H16ClN3O2S. The van der Waals surface area contributed by atoms with E-state index in [0.29, 0.717) is 4.88 Å². The Kier molecular flexibility index (Phi) is 5.17. The molecule has 1 saturated heterocycles. The number of methoxy groups -OCH3 is 1. The Balaban J connectivity index is 0.00000144. The average Bonchev–Trinajstić information content (AvgIpc) is 2.71. The number of carbonyl (C=O) groups is 1. The summed E-state index contributed by atoms with van der Waals surface area (Å²) in [5.74, 6) is -0.295. The minimum absolute atomic E-state index is 0. The molecule has 0 spiro atoms. The van der Waals surface area contributed by atoms with E-state index in [4.69, 9.17) is 4.74 Å². The van der Waals surface area contributed by atoms with Gasteiger partial charge in [0.2, 0.25) is 0 Å². The molecule has 0 aliphatic carbocycles. The fourth-order valence-corrected chi connectivity index (χ4v) is 2.69. The second kappa shape index (κ2) is 6.18. The molecule has 17 heavy (non-hydrogen) atoms. The number of esters is 1. The van der Waals surface area contributed by atoms with E-state index in [-0.39, 0.29) is 18.4 Å². The molecule has 1 aliphatic rings. The Hall–Kier alpha value is -0.850. The molecule has 0 atom stereocenters. The molecule has 0 radical (unpaired) electrons. The quantitative estimate of drug-likeness (QED) is 0.820. The number of aryl methyl sites for hydroxylation is 1. The van der Waals surface area contributed by atoms with Crippen molar-refractivity contribution in [2.45, 2.75) is 6.92 Å². The Labute approximate surface area is 111 Å². The van der Waals surface area contributed by atoms with E-state index in [0.717, 1.165) is 37.0 Å². The van der Waals surface area contributed by atoms with E-state index in [1.54, 1.807) is 0 Å². The van der Waals surface area contributed by atoms with Crippen molar-refractivity contribution in [3.05, 3.63) is 10.6 Å². The monoisotopic (exact) mass is 277 g/mol. The molecule has 7 heteroatoms. The van der Waals surface area contributed by atoms with Gasteiger partial charge < -0.3 is 15.0 Å². The van der Waals surface area contributed by atoms with E-state index < -0.39 is 0 Å². The van der Waals surface area contributed by atoms with Crippen LogP contribution in [-0.2, 0) is 4.74 Å². The molecule has 0 saturated carbocycles. The van der Waals surface area contributed by atoms with Crippen molar-refractivity contribution in [3.63, 3.8) is 0 Å². The summed E-state index contributed by atoms with van der Waals surface area (Å²) < 4.78 is 4.72. The number of aromatic nitrogens is 1. The van der Waals surface area contributed by atoms with Crippen LogP contribution in [0.4, 0.5) is 5.13 Å². The third kappa shape index (κ3) is 3.08. The standard InChI is InChI=1S/C10H15N3O2S.ClH/c1-7-8(9(14)15-2)16-10(12-7)13-5-3-11-4-6-13;/h11H,3-6H2,1-2H3;1H. The number of ether oxygens (including phenoxy) is 1. The van der Waals surface area contributed by atoms with Crippen LogP contribution in [0.25, 0.3) is 0 Å². The molecule has 0 unspecified atom stereocenters. The maximum atomic E-state index is 11.4. The summed E-state index contributed by atoms with van der Waals surface area (Å²) in [7, 11) is 1.39. The maximum Gasteiger partial charge on any atom is 0.350 e. The van der Waals surface area contributed by atoms with Crippen molar-refractivity contribution in [2.24, 2.45) is 0 Å². The molecule has 5 nitrogen and oxygen atoms in total. The number of rotatable bonds is 2. The fraction of sp³-hybridized carbons (Fsp3) is 0.600. The van der Waals surface area contributed by atoms with Crippen LogP contribution in [0.3, 0.4) is 0 Å². The molecule has 0 bridgehead atoms. The number of nitrogens with one attached hydrogen (secondary N) is 1. The van der Waals surface area contributed by atoms with Gasteiger partial charge in [0.05, 0.1) is 12.8 Å². The number of anilines is 1. The molecule has 2 rings (SSSR count). The van der Waals surface area contributed by atoms with Crippen molar-refractivity contribution < 1.29 is 9.53 Å². The fourth-order valence-electron chi connectivity index (χ4n) is 1.66. The van der Waals surface area contributed by atoms with Crippen LogP contribution >= 0.6 is 23.7 Å². The first-order valence-corrected chi connectivity index (χ1v) is 6.05. The number of hydrogen-bond donors (Lipinski definition) is 1. The second-order valence-electron chi connectivity index (χ2n) is 3.64. The van der Waals surface area contributed by atoms with Gasteiger partial charge in [0, 0.05) is 26.2 Å². The van der Waals surface area contributed by atoms with E-state index in [9.17, 15) is 4.79 Å². The zero-order valence-corrected chi connectivity index (χ0v) is 11.5. The van der Waals surface area contributed by atoms with Gasteiger partial charge >= 0.3 is 5.97 Å². The molecule has 96 valence electrons. The first-order chi connectivity index (χ1) is 7.72. The zero-order chi connectivity index (χ0) is 11.5. The normalized spacial score (nSPS) is 15.3. The number of nitrogens with zero attached hydrogens (tertiary/aromatic N) is 2. The minimum atomic E-state index is -0.295. The van der Waals surface area contributed by atoms with E-state index in [1.165, 1.54) is 18.4 Å². The number of hydrogen-bond acceptors (Lipinski definition) is 6. The van der Waals surface area contributed by atoms with Gasteiger partial charge in [0.25, 0.3) is 0 Å². The van der Waals surface area contributed by atoms with Crippen LogP contribution in [0.2, 0.25) is 0 Å². The third-order valence-electron chi connectivity index (χ3n) is 2.54. The summed E-state index contributed by atoms with van der Waals surface area (Å²) in [6, 6.07) is 0. The number of halogens is 1. The molecule has 0 amide bonds. The van der Waals surface area contributed by atoms with Crippen LogP contribution in [0.5, 0.6) is 0 Å². The maximum absolute atomic E-state index is 11.4. The van der Waals surface area contributed by atoms with Gasteiger partial charge in [-0.15, -0.1) is 12.4 Å². The van der Waals surface area contributed by atoms with Crippen molar-refractivity contribution in [2.75, 3.05) is 38.2 Å². The summed E-state index contributed by atoms with van der Waals surface area (Å²) >= 11 is 1.41. The Bertz CT molecular complexity index is 391. The molecule has 1 fully saturated rings.